The second-order valence-corrected chi connectivity index (χ2v) is 9.00. The number of hydrogen-bond acceptors (Lipinski definition) is 4. The molecule has 0 aliphatic carbocycles. The number of aliphatic hydroxyl groups is 3. The van der Waals surface area contributed by atoms with Gasteiger partial charge in [0.2, 0.25) is 0 Å². The summed E-state index contributed by atoms with van der Waals surface area (Å²) in [5, 5.41) is 24.0. The van der Waals surface area contributed by atoms with Crippen LogP contribution >= 0.6 is 0 Å². The van der Waals surface area contributed by atoms with Gasteiger partial charge in [-0.2, -0.15) is 0 Å². The Morgan fingerprint density at radius 2 is 0.710 bits per heavy atom. The first-order chi connectivity index (χ1) is 15.2. The van der Waals surface area contributed by atoms with Gasteiger partial charge in [0, 0.05) is 13.2 Å². The minimum Gasteiger partial charge on any atom is -0.394 e. The standard InChI is InChI=1S/C24H50O.C3H8O3/c1-3-5-7-9-11-13-15-17-19-21-23-25-24-22-20-18-16-14-12-10-8-6-4-2;4-1-3(6)2-5/h3-24H2,1-2H3;3-6H,1-2H2. The summed E-state index contributed by atoms with van der Waals surface area (Å²) in [5.74, 6) is 0. The molecule has 0 saturated heterocycles. The summed E-state index contributed by atoms with van der Waals surface area (Å²) >= 11 is 0. The van der Waals surface area contributed by atoms with Crippen molar-refractivity contribution in [3.63, 3.8) is 0 Å². The molecule has 0 heterocycles. The number of hydrogen-bond donors (Lipinski definition) is 3. The van der Waals surface area contributed by atoms with Crippen molar-refractivity contribution in [2.24, 2.45) is 0 Å². The van der Waals surface area contributed by atoms with Gasteiger partial charge in [0.05, 0.1) is 13.2 Å². The molecule has 31 heavy (non-hydrogen) atoms. The monoisotopic (exact) mass is 446 g/mol. The molecule has 4 heteroatoms. The summed E-state index contributed by atoms with van der Waals surface area (Å²) in [6.45, 7) is 5.84. The summed E-state index contributed by atoms with van der Waals surface area (Å²) in [5.41, 5.74) is 0. The summed E-state index contributed by atoms with van der Waals surface area (Å²) < 4.78 is 5.78. The molecule has 0 amide bonds. The first-order valence-electron chi connectivity index (χ1n) is 13.7. The van der Waals surface area contributed by atoms with Crippen molar-refractivity contribution in [2.75, 3.05) is 26.4 Å². The molecule has 0 atom stereocenters. The van der Waals surface area contributed by atoms with Gasteiger partial charge in [-0.3, -0.25) is 0 Å². The van der Waals surface area contributed by atoms with E-state index in [-0.39, 0.29) is 13.2 Å². The molecule has 3 N–H and O–H groups in total. The zero-order valence-electron chi connectivity index (χ0n) is 21.3. The summed E-state index contributed by atoms with van der Waals surface area (Å²) in [6.07, 6.45) is 27.2. The fourth-order valence-electron chi connectivity index (χ4n) is 3.54. The van der Waals surface area contributed by atoms with Gasteiger partial charge in [-0.05, 0) is 12.8 Å². The molecule has 190 valence electrons. The van der Waals surface area contributed by atoms with Crippen molar-refractivity contribution in [2.45, 2.75) is 148 Å². The zero-order chi connectivity index (χ0) is 23.3. The Morgan fingerprint density at radius 1 is 0.452 bits per heavy atom. The molecular formula is C27H58O4. The Morgan fingerprint density at radius 3 is 0.935 bits per heavy atom. The van der Waals surface area contributed by atoms with Crippen LogP contribution in [0.25, 0.3) is 0 Å². The lowest BCUT2D eigenvalue weighted by atomic mass is 10.1. The van der Waals surface area contributed by atoms with Crippen LogP contribution in [0.1, 0.15) is 142 Å². The van der Waals surface area contributed by atoms with Gasteiger partial charge in [-0.1, -0.05) is 129 Å². The quantitative estimate of drug-likeness (QED) is 0.137. The average Bonchev–Trinajstić information content (AvgIpc) is 2.80. The number of aliphatic hydroxyl groups excluding tert-OH is 3. The van der Waals surface area contributed by atoms with E-state index in [1.54, 1.807) is 0 Å². The lowest BCUT2D eigenvalue weighted by Gasteiger charge is -2.05. The molecule has 0 rings (SSSR count). The van der Waals surface area contributed by atoms with E-state index >= 15 is 0 Å². The average molecular weight is 447 g/mol. The van der Waals surface area contributed by atoms with E-state index in [0.29, 0.717) is 0 Å². The first kappa shape index (κ1) is 33.0. The maximum Gasteiger partial charge on any atom is 0.100 e. The van der Waals surface area contributed by atoms with E-state index in [2.05, 4.69) is 13.8 Å². The Labute approximate surface area is 195 Å². The highest BCUT2D eigenvalue weighted by Crippen LogP contribution is 2.12. The van der Waals surface area contributed by atoms with Crippen LogP contribution in [0.15, 0.2) is 0 Å². The molecular weight excluding hydrogens is 388 g/mol. The van der Waals surface area contributed by atoms with Gasteiger partial charge in [-0.15, -0.1) is 0 Å². The summed E-state index contributed by atoms with van der Waals surface area (Å²) in [6, 6.07) is 0. The van der Waals surface area contributed by atoms with Crippen molar-refractivity contribution in [1.82, 2.24) is 0 Å². The third-order valence-corrected chi connectivity index (χ3v) is 5.71. The van der Waals surface area contributed by atoms with Gasteiger partial charge in [0.1, 0.15) is 6.10 Å². The van der Waals surface area contributed by atoms with Crippen LogP contribution in [-0.2, 0) is 4.74 Å². The van der Waals surface area contributed by atoms with Crippen LogP contribution in [-0.4, -0.2) is 47.9 Å². The number of ether oxygens (including phenoxy) is 1. The van der Waals surface area contributed by atoms with Gasteiger partial charge in [0.25, 0.3) is 0 Å². The second kappa shape index (κ2) is 32.0. The van der Waals surface area contributed by atoms with Gasteiger partial charge >= 0.3 is 0 Å². The molecule has 0 unspecified atom stereocenters. The molecule has 0 radical (unpaired) electrons. The molecule has 0 fully saturated rings. The van der Waals surface area contributed by atoms with Crippen molar-refractivity contribution in [3.8, 4) is 0 Å². The van der Waals surface area contributed by atoms with E-state index in [9.17, 15) is 0 Å². The summed E-state index contributed by atoms with van der Waals surface area (Å²) in [7, 11) is 0. The SMILES string of the molecule is CCCCCCCCCCCCOCCCCCCCCCCCC.OCC(O)CO. The molecule has 0 aliphatic rings. The van der Waals surface area contributed by atoms with Gasteiger partial charge in [-0.25, -0.2) is 0 Å². The first-order valence-corrected chi connectivity index (χ1v) is 13.7. The Kier molecular flexibility index (Phi) is 34.1. The Balaban J connectivity index is 0. The maximum absolute atomic E-state index is 8.17. The van der Waals surface area contributed by atoms with Crippen LogP contribution in [0.4, 0.5) is 0 Å². The van der Waals surface area contributed by atoms with Crippen LogP contribution in [0.2, 0.25) is 0 Å². The van der Waals surface area contributed by atoms with E-state index < -0.39 is 6.10 Å². The van der Waals surface area contributed by atoms with E-state index in [1.165, 1.54) is 128 Å². The molecule has 0 spiro atoms. The molecule has 4 nitrogen and oxygen atoms in total. The minimum absolute atomic E-state index is 0.365. The summed E-state index contributed by atoms with van der Waals surface area (Å²) in [4.78, 5) is 0. The van der Waals surface area contributed by atoms with Crippen molar-refractivity contribution >= 4 is 0 Å². The molecule has 0 saturated carbocycles. The van der Waals surface area contributed by atoms with E-state index in [4.69, 9.17) is 20.1 Å². The van der Waals surface area contributed by atoms with Crippen LogP contribution in [0, 0.1) is 0 Å². The molecule has 0 aromatic heterocycles. The molecule has 0 aliphatic heterocycles. The van der Waals surface area contributed by atoms with Crippen molar-refractivity contribution in [1.29, 1.82) is 0 Å². The third-order valence-electron chi connectivity index (χ3n) is 5.71. The molecule has 0 aromatic rings. The number of unbranched alkanes of at least 4 members (excludes halogenated alkanes) is 18. The topological polar surface area (TPSA) is 69.9 Å². The highest BCUT2D eigenvalue weighted by Gasteiger charge is 1.95. The number of rotatable bonds is 24. The second-order valence-electron chi connectivity index (χ2n) is 9.00. The predicted molar refractivity (Wildman–Crippen MR) is 135 cm³/mol. The van der Waals surface area contributed by atoms with Crippen molar-refractivity contribution < 1.29 is 20.1 Å². The Hall–Kier alpha value is -0.160. The van der Waals surface area contributed by atoms with E-state index in [1.807, 2.05) is 0 Å². The largest absolute Gasteiger partial charge is 0.394 e. The Bertz CT molecular complexity index is 260. The van der Waals surface area contributed by atoms with E-state index in [0.717, 1.165) is 13.2 Å². The predicted octanol–water partition coefficient (Wildman–Crippen LogP) is 7.18. The molecule has 0 bridgehead atoms. The van der Waals surface area contributed by atoms with Gasteiger partial charge in [0.15, 0.2) is 0 Å². The van der Waals surface area contributed by atoms with Crippen LogP contribution < -0.4 is 0 Å². The van der Waals surface area contributed by atoms with Crippen LogP contribution in [0.3, 0.4) is 0 Å². The zero-order valence-corrected chi connectivity index (χ0v) is 21.3. The third kappa shape index (κ3) is 34.6. The minimum atomic E-state index is -0.954. The lowest BCUT2D eigenvalue weighted by molar-refractivity contribution is 0.0450. The smallest absolute Gasteiger partial charge is 0.100 e. The fraction of sp³-hybridized carbons (Fsp3) is 1.00. The highest BCUT2D eigenvalue weighted by molar-refractivity contribution is 4.49. The lowest BCUT2D eigenvalue weighted by Crippen LogP contribution is -2.15. The van der Waals surface area contributed by atoms with Gasteiger partial charge < -0.3 is 20.1 Å². The normalized spacial score (nSPS) is 11.0. The maximum atomic E-state index is 8.17. The molecule has 0 aromatic carbocycles. The highest BCUT2D eigenvalue weighted by atomic mass is 16.5. The fourth-order valence-corrected chi connectivity index (χ4v) is 3.54. The van der Waals surface area contributed by atoms with Crippen molar-refractivity contribution in [3.05, 3.63) is 0 Å². The van der Waals surface area contributed by atoms with Crippen LogP contribution in [0.5, 0.6) is 0 Å².